The number of hydrogen-bond donors (Lipinski definition) is 0. The van der Waals surface area contributed by atoms with E-state index in [0.29, 0.717) is 0 Å². The van der Waals surface area contributed by atoms with E-state index in [2.05, 4.69) is 25.1 Å². The number of rotatable bonds is 5. The number of thiazole rings is 1. The lowest BCUT2D eigenvalue weighted by molar-refractivity contribution is 0.0341. The summed E-state index contributed by atoms with van der Waals surface area (Å²) in [6.45, 7) is 5.26. The van der Waals surface area contributed by atoms with Crippen molar-refractivity contribution >= 4 is 28.2 Å². The number of nitrogens with zero attached hydrogens (tertiary/aromatic N) is 5. The third kappa shape index (κ3) is 3.95. The van der Waals surface area contributed by atoms with Gasteiger partial charge < -0.3 is 9.64 Å². The van der Waals surface area contributed by atoms with Gasteiger partial charge in [-0.25, -0.2) is 9.97 Å². The Labute approximate surface area is 151 Å². The molecule has 0 atom stereocenters. The molecule has 0 unspecified atom stereocenters. The molecule has 1 fully saturated rings. The maximum atomic E-state index is 5.40. The maximum absolute atomic E-state index is 5.40. The molecule has 0 radical (unpaired) electrons. The first-order valence-electron chi connectivity index (χ1n) is 8.44. The summed E-state index contributed by atoms with van der Waals surface area (Å²) >= 11 is 1.73. The summed E-state index contributed by atoms with van der Waals surface area (Å²) < 4.78 is 5.40. The number of para-hydroxylation sites is 2. The Balaban J connectivity index is 1.42. The first kappa shape index (κ1) is 16.4. The maximum Gasteiger partial charge on any atom is 0.147 e. The van der Waals surface area contributed by atoms with Gasteiger partial charge in [0, 0.05) is 25.5 Å². The lowest BCUT2D eigenvalue weighted by Crippen LogP contribution is -2.35. The van der Waals surface area contributed by atoms with Crippen molar-refractivity contribution in [3.63, 3.8) is 0 Å². The molecule has 7 heteroatoms. The van der Waals surface area contributed by atoms with Gasteiger partial charge in [-0.05, 0) is 12.1 Å². The smallest absolute Gasteiger partial charge is 0.147 e. The molecule has 0 spiro atoms. The quantitative estimate of drug-likeness (QED) is 0.701. The van der Waals surface area contributed by atoms with Crippen LogP contribution in [-0.2, 0) is 17.8 Å². The van der Waals surface area contributed by atoms with Crippen molar-refractivity contribution in [2.75, 3.05) is 38.3 Å². The minimum atomic E-state index is 0.729. The highest BCUT2D eigenvalue weighted by Crippen LogP contribution is 2.18. The standard InChI is InChI=1S/C18H21N5OS/c1-22(17-10-19-15-4-2-3-5-16(15)21-17)11-14-13-25-18(20-14)12-23-6-8-24-9-7-23/h2-5,10,13H,6-9,11-12H2,1H3. The van der Waals surface area contributed by atoms with E-state index in [4.69, 9.17) is 9.72 Å². The van der Waals surface area contributed by atoms with Gasteiger partial charge >= 0.3 is 0 Å². The summed E-state index contributed by atoms with van der Waals surface area (Å²) in [6.07, 6.45) is 1.82. The zero-order valence-corrected chi connectivity index (χ0v) is 15.1. The van der Waals surface area contributed by atoms with Crippen molar-refractivity contribution < 1.29 is 4.74 Å². The molecule has 25 heavy (non-hydrogen) atoms. The van der Waals surface area contributed by atoms with Crippen LogP contribution in [0.2, 0.25) is 0 Å². The van der Waals surface area contributed by atoms with Crippen molar-refractivity contribution in [2.24, 2.45) is 0 Å². The molecule has 1 aliphatic rings. The summed E-state index contributed by atoms with van der Waals surface area (Å²) in [5.74, 6) is 0.862. The first-order valence-corrected chi connectivity index (χ1v) is 9.32. The fourth-order valence-corrected chi connectivity index (χ4v) is 3.73. The fraction of sp³-hybridized carbons (Fsp3) is 0.389. The molecule has 6 nitrogen and oxygen atoms in total. The first-order chi connectivity index (χ1) is 12.3. The van der Waals surface area contributed by atoms with Crippen LogP contribution in [-0.4, -0.2) is 53.2 Å². The van der Waals surface area contributed by atoms with Crippen molar-refractivity contribution in [1.82, 2.24) is 19.9 Å². The van der Waals surface area contributed by atoms with Crippen molar-refractivity contribution in [3.05, 3.63) is 46.5 Å². The zero-order chi connectivity index (χ0) is 17.1. The van der Waals surface area contributed by atoms with E-state index < -0.39 is 0 Å². The predicted molar refractivity (Wildman–Crippen MR) is 99.9 cm³/mol. The lowest BCUT2D eigenvalue weighted by atomic mass is 10.3. The third-order valence-electron chi connectivity index (χ3n) is 4.29. The molecule has 4 rings (SSSR count). The van der Waals surface area contributed by atoms with E-state index >= 15 is 0 Å². The summed E-state index contributed by atoms with van der Waals surface area (Å²) in [6, 6.07) is 7.93. The number of benzene rings is 1. The Bertz CT molecular complexity index is 846. The van der Waals surface area contributed by atoms with E-state index in [1.54, 1.807) is 11.3 Å². The van der Waals surface area contributed by atoms with Crippen LogP contribution in [0.15, 0.2) is 35.8 Å². The largest absolute Gasteiger partial charge is 0.379 e. The molecule has 0 amide bonds. The Hall–Kier alpha value is -2.09. The second kappa shape index (κ2) is 7.43. The van der Waals surface area contributed by atoms with Gasteiger partial charge in [0.2, 0.25) is 0 Å². The molecule has 0 aliphatic carbocycles. The molecule has 3 aromatic rings. The molecule has 1 aromatic carbocycles. The molecule has 130 valence electrons. The molecular formula is C18H21N5OS. The number of hydrogen-bond acceptors (Lipinski definition) is 7. The highest BCUT2D eigenvalue weighted by atomic mass is 32.1. The summed E-state index contributed by atoms with van der Waals surface area (Å²) in [5, 5.41) is 3.30. The Morgan fingerprint density at radius 2 is 1.96 bits per heavy atom. The van der Waals surface area contributed by atoms with Crippen LogP contribution in [0.4, 0.5) is 5.82 Å². The van der Waals surface area contributed by atoms with Crippen LogP contribution in [0.1, 0.15) is 10.7 Å². The molecule has 0 saturated carbocycles. The zero-order valence-electron chi connectivity index (χ0n) is 14.3. The van der Waals surface area contributed by atoms with Crippen molar-refractivity contribution in [2.45, 2.75) is 13.1 Å². The van der Waals surface area contributed by atoms with Gasteiger partial charge in [0.25, 0.3) is 0 Å². The van der Waals surface area contributed by atoms with Gasteiger partial charge in [0.05, 0.1) is 49.2 Å². The molecule has 1 saturated heterocycles. The summed E-state index contributed by atoms with van der Waals surface area (Å²) in [7, 11) is 2.03. The summed E-state index contributed by atoms with van der Waals surface area (Å²) in [4.78, 5) is 18.4. The van der Waals surface area contributed by atoms with Crippen molar-refractivity contribution in [1.29, 1.82) is 0 Å². The van der Waals surface area contributed by atoms with Gasteiger partial charge in [-0.3, -0.25) is 9.88 Å². The Morgan fingerprint density at radius 3 is 2.80 bits per heavy atom. The van der Waals surface area contributed by atoms with E-state index in [1.165, 1.54) is 0 Å². The molecule has 2 aromatic heterocycles. The van der Waals surface area contributed by atoms with E-state index in [0.717, 1.165) is 66.9 Å². The molecule has 0 N–H and O–H groups in total. The number of ether oxygens (including phenoxy) is 1. The minimum Gasteiger partial charge on any atom is -0.379 e. The highest BCUT2D eigenvalue weighted by Gasteiger charge is 2.14. The molecule has 1 aliphatic heterocycles. The van der Waals surface area contributed by atoms with E-state index in [1.807, 2.05) is 37.5 Å². The minimum absolute atomic E-state index is 0.729. The molecule has 0 bridgehead atoms. The fourth-order valence-electron chi connectivity index (χ4n) is 2.90. The van der Waals surface area contributed by atoms with E-state index in [9.17, 15) is 0 Å². The normalized spacial score (nSPS) is 15.6. The van der Waals surface area contributed by atoms with E-state index in [-0.39, 0.29) is 0 Å². The average Bonchev–Trinajstić information content (AvgIpc) is 3.09. The second-order valence-electron chi connectivity index (χ2n) is 6.19. The summed E-state index contributed by atoms with van der Waals surface area (Å²) in [5.41, 5.74) is 2.91. The van der Waals surface area contributed by atoms with Gasteiger partial charge in [0.15, 0.2) is 0 Å². The van der Waals surface area contributed by atoms with Gasteiger partial charge in [-0.15, -0.1) is 11.3 Å². The third-order valence-corrected chi connectivity index (χ3v) is 5.17. The van der Waals surface area contributed by atoms with Crippen LogP contribution < -0.4 is 4.90 Å². The second-order valence-corrected chi connectivity index (χ2v) is 7.14. The number of morpholine rings is 1. The Morgan fingerprint density at radius 1 is 1.16 bits per heavy atom. The molecule has 3 heterocycles. The number of aromatic nitrogens is 3. The SMILES string of the molecule is CN(Cc1csc(CN2CCOCC2)n1)c1cnc2ccccc2n1. The predicted octanol–water partition coefficient (Wildman–Crippen LogP) is 2.55. The van der Waals surface area contributed by atoms with Crippen LogP contribution in [0.25, 0.3) is 11.0 Å². The monoisotopic (exact) mass is 355 g/mol. The van der Waals surface area contributed by atoms with Crippen LogP contribution in [0, 0.1) is 0 Å². The lowest BCUT2D eigenvalue weighted by Gasteiger charge is -2.25. The number of fused-ring (bicyclic) bond motifs is 1. The highest BCUT2D eigenvalue weighted by molar-refractivity contribution is 7.09. The van der Waals surface area contributed by atoms with Gasteiger partial charge in [-0.2, -0.15) is 0 Å². The topological polar surface area (TPSA) is 54.4 Å². The van der Waals surface area contributed by atoms with Crippen LogP contribution in [0.3, 0.4) is 0 Å². The number of anilines is 1. The molecular weight excluding hydrogens is 334 g/mol. The van der Waals surface area contributed by atoms with Gasteiger partial charge in [0.1, 0.15) is 10.8 Å². The van der Waals surface area contributed by atoms with Crippen LogP contribution >= 0.6 is 11.3 Å². The van der Waals surface area contributed by atoms with Crippen molar-refractivity contribution in [3.8, 4) is 0 Å². The Kier molecular flexibility index (Phi) is 4.87. The van der Waals surface area contributed by atoms with Crippen LogP contribution in [0.5, 0.6) is 0 Å². The van der Waals surface area contributed by atoms with Gasteiger partial charge in [-0.1, -0.05) is 12.1 Å². The average molecular weight is 355 g/mol.